The third kappa shape index (κ3) is 1.30. The van der Waals surface area contributed by atoms with E-state index in [0.29, 0.717) is 12.2 Å². The molecule has 1 saturated heterocycles. The van der Waals surface area contributed by atoms with Crippen molar-refractivity contribution in [1.82, 2.24) is 0 Å². The van der Waals surface area contributed by atoms with E-state index in [1.54, 1.807) is 7.11 Å². The van der Waals surface area contributed by atoms with E-state index in [1.165, 1.54) is 0 Å². The van der Waals surface area contributed by atoms with Crippen molar-refractivity contribution in [2.45, 2.75) is 82.8 Å². The molecule has 5 fully saturated rings. The van der Waals surface area contributed by atoms with Gasteiger partial charge in [0.1, 0.15) is 11.4 Å². The largest absolute Gasteiger partial charge is 0.458 e. The van der Waals surface area contributed by atoms with E-state index in [1.807, 2.05) is 0 Å². The highest BCUT2D eigenvalue weighted by Gasteiger charge is 2.80. The highest BCUT2D eigenvalue weighted by atomic mass is 16.6. The van der Waals surface area contributed by atoms with Crippen molar-refractivity contribution in [2.24, 2.45) is 22.2 Å². The average molecular weight is 332 g/mol. The molecule has 0 radical (unpaired) electrons. The Morgan fingerprint density at radius 2 is 1.88 bits per heavy atom. The predicted molar refractivity (Wildman–Crippen MR) is 87.3 cm³/mol. The number of Topliss-reactive ketones (excluding diaryl/α,β-unsaturated/α-hetero) is 1. The number of hydrogen-bond acceptors (Lipinski definition) is 4. The van der Waals surface area contributed by atoms with Gasteiger partial charge in [-0.15, -0.1) is 0 Å². The van der Waals surface area contributed by atoms with Crippen molar-refractivity contribution in [3.63, 3.8) is 0 Å². The number of carbonyl (C=O) groups is 2. The molecule has 6 atom stereocenters. The highest BCUT2D eigenvalue weighted by Crippen LogP contribution is 2.77. The molecule has 0 aromatic rings. The number of ether oxygens (including phenoxy) is 2. The molecule has 132 valence electrons. The van der Waals surface area contributed by atoms with Gasteiger partial charge in [-0.05, 0) is 58.3 Å². The van der Waals surface area contributed by atoms with Crippen LogP contribution in [-0.4, -0.2) is 30.1 Å². The normalized spacial score (nSPS) is 58.2. The van der Waals surface area contributed by atoms with Crippen LogP contribution >= 0.6 is 0 Å². The minimum Gasteiger partial charge on any atom is -0.458 e. The van der Waals surface area contributed by atoms with Gasteiger partial charge in [-0.2, -0.15) is 0 Å². The van der Waals surface area contributed by atoms with Crippen LogP contribution in [0.2, 0.25) is 0 Å². The average Bonchev–Trinajstić information content (AvgIpc) is 2.86. The van der Waals surface area contributed by atoms with Gasteiger partial charge in [0.25, 0.3) is 0 Å². The Morgan fingerprint density at radius 3 is 2.62 bits per heavy atom. The Balaban J connectivity index is 1.69. The molecule has 1 aliphatic heterocycles. The van der Waals surface area contributed by atoms with Gasteiger partial charge >= 0.3 is 5.97 Å². The first-order valence-electron chi connectivity index (χ1n) is 9.60. The zero-order chi connectivity index (χ0) is 17.0. The molecule has 5 rings (SSSR count). The number of methoxy groups -OCH3 is 1. The van der Waals surface area contributed by atoms with Crippen molar-refractivity contribution in [1.29, 1.82) is 0 Å². The number of rotatable bonds is 1. The third-order valence-corrected chi connectivity index (χ3v) is 9.32. The summed E-state index contributed by atoms with van der Waals surface area (Å²) in [5.41, 5.74) is -1.59. The van der Waals surface area contributed by atoms with E-state index in [-0.39, 0.29) is 33.7 Å². The SMILES string of the molecule is CO[C@@]12CC[C@@]3(C)[C@@](CC[C@@H]4[C@@]5(C)CCC[C@]43OC5=O)(C1)C(=O)C2. The van der Waals surface area contributed by atoms with Crippen LogP contribution in [0.5, 0.6) is 0 Å². The minimum absolute atomic E-state index is 0.00250. The summed E-state index contributed by atoms with van der Waals surface area (Å²) in [6.07, 6.45) is 7.99. The van der Waals surface area contributed by atoms with Crippen LogP contribution in [0.25, 0.3) is 0 Å². The lowest BCUT2D eigenvalue weighted by molar-refractivity contribution is -0.232. The molecule has 4 aliphatic carbocycles. The first-order chi connectivity index (χ1) is 11.3. The summed E-state index contributed by atoms with van der Waals surface area (Å²) in [5.74, 6) is 0.648. The van der Waals surface area contributed by atoms with Gasteiger partial charge in [0.05, 0.1) is 11.0 Å². The maximum Gasteiger partial charge on any atom is 0.312 e. The Labute approximate surface area is 143 Å². The Kier molecular flexibility index (Phi) is 2.61. The second-order valence-corrected chi connectivity index (χ2v) is 9.72. The predicted octanol–water partition coefficient (Wildman–Crippen LogP) is 3.42. The van der Waals surface area contributed by atoms with E-state index in [9.17, 15) is 9.59 Å². The molecule has 0 N–H and O–H groups in total. The molecular weight excluding hydrogens is 304 g/mol. The molecular formula is C20H28O4. The summed E-state index contributed by atoms with van der Waals surface area (Å²) in [5, 5.41) is 0. The van der Waals surface area contributed by atoms with E-state index < -0.39 is 5.60 Å². The first kappa shape index (κ1) is 15.4. The monoisotopic (exact) mass is 332 g/mol. The molecule has 1 heterocycles. The summed E-state index contributed by atoms with van der Waals surface area (Å²) in [6.45, 7) is 4.38. The van der Waals surface area contributed by atoms with Crippen LogP contribution in [0.15, 0.2) is 0 Å². The van der Waals surface area contributed by atoms with Gasteiger partial charge in [-0.25, -0.2) is 0 Å². The molecule has 0 amide bonds. The summed E-state index contributed by atoms with van der Waals surface area (Å²) in [6, 6.07) is 0. The fourth-order valence-electron chi connectivity index (χ4n) is 7.88. The van der Waals surface area contributed by atoms with Crippen LogP contribution in [0.3, 0.4) is 0 Å². The summed E-state index contributed by atoms with van der Waals surface area (Å²) in [4.78, 5) is 26.1. The van der Waals surface area contributed by atoms with E-state index in [2.05, 4.69) is 13.8 Å². The molecule has 4 bridgehead atoms. The molecule has 5 aliphatic rings. The van der Waals surface area contributed by atoms with Gasteiger partial charge in [-0.1, -0.05) is 6.92 Å². The van der Waals surface area contributed by atoms with Crippen LogP contribution in [-0.2, 0) is 19.1 Å². The number of esters is 1. The quantitative estimate of drug-likeness (QED) is 0.691. The van der Waals surface area contributed by atoms with Crippen molar-refractivity contribution >= 4 is 11.8 Å². The van der Waals surface area contributed by atoms with Gasteiger partial charge in [0, 0.05) is 30.3 Å². The van der Waals surface area contributed by atoms with Gasteiger partial charge < -0.3 is 9.47 Å². The molecule has 4 nitrogen and oxygen atoms in total. The second-order valence-electron chi connectivity index (χ2n) is 9.72. The van der Waals surface area contributed by atoms with Crippen LogP contribution < -0.4 is 0 Å². The Bertz CT molecular complexity index is 658. The molecule has 0 unspecified atom stereocenters. The Hall–Kier alpha value is -0.900. The Morgan fingerprint density at radius 1 is 1.08 bits per heavy atom. The van der Waals surface area contributed by atoms with Gasteiger partial charge in [-0.3, -0.25) is 9.59 Å². The van der Waals surface area contributed by atoms with Crippen LogP contribution in [0.4, 0.5) is 0 Å². The van der Waals surface area contributed by atoms with Crippen molar-refractivity contribution < 1.29 is 19.1 Å². The maximum atomic E-state index is 13.3. The smallest absolute Gasteiger partial charge is 0.312 e. The number of carbonyl (C=O) groups excluding carboxylic acids is 2. The van der Waals surface area contributed by atoms with Crippen molar-refractivity contribution in [2.75, 3.05) is 7.11 Å². The number of fused-ring (bicyclic) bond motifs is 1. The topological polar surface area (TPSA) is 52.6 Å². The summed E-state index contributed by atoms with van der Waals surface area (Å²) < 4.78 is 12.1. The molecule has 0 aromatic heterocycles. The van der Waals surface area contributed by atoms with Crippen LogP contribution in [0, 0.1) is 22.2 Å². The van der Waals surface area contributed by atoms with Crippen molar-refractivity contribution in [3.05, 3.63) is 0 Å². The standard InChI is InChI=1S/C20H28O4/c1-16-6-4-7-20(24-15(16)22)13(16)5-8-19-12-18(23-3,11-14(19)21)10-9-17(19,20)2/h13H,4-12H2,1-3H3/t13-,16-,17+,18-,19+,20+/m1/s1. The lowest BCUT2D eigenvalue weighted by atomic mass is 9.39. The second kappa shape index (κ2) is 4.08. The van der Waals surface area contributed by atoms with E-state index in [4.69, 9.17) is 9.47 Å². The van der Waals surface area contributed by atoms with Gasteiger partial charge in [0.15, 0.2) is 0 Å². The molecule has 4 saturated carbocycles. The van der Waals surface area contributed by atoms with Gasteiger partial charge in [0.2, 0.25) is 0 Å². The lowest BCUT2D eigenvalue weighted by Crippen LogP contribution is -2.67. The van der Waals surface area contributed by atoms with E-state index >= 15 is 0 Å². The number of ketones is 1. The maximum absolute atomic E-state index is 13.3. The number of hydrogen-bond donors (Lipinski definition) is 0. The molecule has 24 heavy (non-hydrogen) atoms. The minimum atomic E-state index is -0.421. The first-order valence-corrected chi connectivity index (χ1v) is 9.60. The van der Waals surface area contributed by atoms with E-state index in [0.717, 1.165) is 51.4 Å². The third-order valence-electron chi connectivity index (χ3n) is 9.32. The summed E-state index contributed by atoms with van der Waals surface area (Å²) >= 11 is 0. The molecule has 0 aromatic carbocycles. The zero-order valence-electron chi connectivity index (χ0n) is 15.1. The van der Waals surface area contributed by atoms with Crippen molar-refractivity contribution in [3.8, 4) is 0 Å². The zero-order valence-corrected chi connectivity index (χ0v) is 15.1. The van der Waals surface area contributed by atoms with Crippen LogP contribution in [0.1, 0.15) is 71.6 Å². The summed E-state index contributed by atoms with van der Waals surface area (Å²) in [7, 11) is 1.76. The fourth-order valence-corrected chi connectivity index (χ4v) is 7.88. The fraction of sp³-hybridized carbons (Fsp3) is 0.900. The molecule has 1 spiro atoms. The lowest BCUT2D eigenvalue weighted by Gasteiger charge is -2.64. The molecule has 4 heteroatoms. The highest BCUT2D eigenvalue weighted by molar-refractivity contribution is 5.91.